The minimum absolute atomic E-state index is 0.410. The molecule has 4 nitrogen and oxygen atoms in total. The van der Waals surface area contributed by atoms with Gasteiger partial charge in [-0.25, -0.2) is 0 Å². The average molecular weight is 1130 g/mol. The summed E-state index contributed by atoms with van der Waals surface area (Å²) in [5, 5.41) is 33.8. The summed E-state index contributed by atoms with van der Waals surface area (Å²) in [6.07, 6.45) is 0. The van der Waals surface area contributed by atoms with Gasteiger partial charge in [0.05, 0.1) is 54.0 Å². The predicted octanol–water partition coefficient (Wildman–Crippen LogP) is 22.4. The zero-order chi connectivity index (χ0) is 57.0. The normalized spacial score (nSPS) is 11.7. The maximum absolute atomic E-state index is 12.5. The van der Waals surface area contributed by atoms with Crippen LogP contribution in [-0.4, -0.2) is 9.13 Å². The largest absolute Gasteiger partial charge is 0.307 e. The van der Waals surface area contributed by atoms with Crippen molar-refractivity contribution < 1.29 is 0 Å². The monoisotopic (exact) mass is 1130 g/mol. The van der Waals surface area contributed by atoms with Gasteiger partial charge in [0.15, 0.2) is 0 Å². The number of thiophene rings is 2. The fraction of sp³-hybridized carbons (Fsp3) is 0. The van der Waals surface area contributed by atoms with Crippen LogP contribution in [0.1, 0.15) is 11.1 Å². The second-order valence-electron chi connectivity index (χ2n) is 22.0. The van der Waals surface area contributed by atoms with Crippen LogP contribution in [-0.2, 0) is 0 Å². The lowest BCUT2D eigenvalue weighted by molar-refractivity contribution is 1.13. The minimum atomic E-state index is 0.410. The molecule has 0 N–H and O–H groups in total. The highest BCUT2D eigenvalue weighted by Gasteiger charge is 2.33. The Morgan fingerprint density at radius 2 is 0.640 bits per heavy atom. The molecule has 0 fully saturated rings. The number of nitriles is 2. The summed E-state index contributed by atoms with van der Waals surface area (Å²) in [6, 6.07) is 105. The second kappa shape index (κ2) is 19.8. The average Bonchev–Trinajstić information content (AvgIpc) is 1.52. The third-order valence-electron chi connectivity index (χ3n) is 17.4. The number of fused-ring (bicyclic) bond motifs is 14. The molecule has 0 atom stereocenters. The number of rotatable bonds is 8. The third kappa shape index (κ3) is 7.45. The summed E-state index contributed by atoms with van der Waals surface area (Å²) < 4.78 is 9.39. The summed E-state index contributed by atoms with van der Waals surface area (Å²) in [6.45, 7) is 0. The Hall–Kier alpha value is -11.1. The first-order valence-electron chi connectivity index (χ1n) is 28.9. The van der Waals surface area contributed by atoms with Crippen LogP contribution in [0, 0.1) is 22.7 Å². The number of nitrogens with zero attached hydrogens (tertiary/aromatic N) is 4. The highest BCUT2D eigenvalue weighted by molar-refractivity contribution is 7.27. The molecule has 0 unspecified atom stereocenters. The van der Waals surface area contributed by atoms with Crippen molar-refractivity contribution in [3.8, 4) is 90.3 Å². The lowest BCUT2D eigenvalue weighted by Gasteiger charge is -2.25. The molecule has 0 spiro atoms. The SMILES string of the molecule is N#Cc1c(-c2ccccc2)c(C#N)c(-n2c3c(ccc4c3sc3cccc(-c5ccccc5)c34)c3ccc4c(sc5cccc(-c6ccccc6)c54)c32)c(-c2ccccc2)c1-n1c2ccc(-c3ccccc3)cc2c2cc(-c3ccccc3)ccc21. The highest BCUT2D eigenvalue weighted by atomic mass is 32.1. The van der Waals surface area contributed by atoms with Gasteiger partial charge in [0, 0.05) is 63.6 Å². The maximum atomic E-state index is 12.5. The first-order chi connectivity index (χ1) is 42.6. The van der Waals surface area contributed by atoms with Crippen molar-refractivity contribution in [2.75, 3.05) is 0 Å². The van der Waals surface area contributed by atoms with Crippen molar-refractivity contribution in [2.24, 2.45) is 0 Å². The van der Waals surface area contributed by atoms with Gasteiger partial charge >= 0.3 is 0 Å². The summed E-state index contributed by atoms with van der Waals surface area (Å²) >= 11 is 3.61. The van der Waals surface area contributed by atoms with E-state index in [9.17, 15) is 10.5 Å². The van der Waals surface area contributed by atoms with E-state index in [0.29, 0.717) is 28.1 Å². The molecule has 4 aromatic heterocycles. The van der Waals surface area contributed by atoms with Gasteiger partial charge in [0.2, 0.25) is 0 Å². The predicted molar refractivity (Wildman–Crippen MR) is 363 cm³/mol. The Morgan fingerprint density at radius 1 is 0.279 bits per heavy atom. The van der Waals surface area contributed by atoms with E-state index in [1.807, 2.05) is 36.4 Å². The summed E-state index contributed by atoms with van der Waals surface area (Å²) in [5.74, 6) is 0. The Morgan fingerprint density at radius 3 is 1.05 bits per heavy atom. The standard InChI is InChI=1S/C80H46N4S2/c81-47-65-71(53-29-15-5-16-30-53)66(48-82)76(72(54-31-17-6-18-32-54)75(65)83-67-43-37-55(49-21-7-1-8-22-49)45-63(67)64-46-56(38-44-68(64)83)50-23-9-2-10-24-50)84-77-59(39-41-61-73-57(51-25-11-3-12-26-51)33-19-35-69(73)85-79(61)77)60-40-42-62-74-58(52-27-13-4-14-28-52)34-20-36-70(74)86-80(62)78(60)84/h1-46H. The van der Waals surface area contributed by atoms with Gasteiger partial charge in [-0.2, -0.15) is 10.5 Å². The fourth-order valence-electron chi connectivity index (χ4n) is 13.7. The van der Waals surface area contributed by atoms with E-state index in [0.717, 1.165) is 114 Å². The number of hydrogen-bond acceptors (Lipinski definition) is 4. The van der Waals surface area contributed by atoms with E-state index in [4.69, 9.17) is 0 Å². The first kappa shape index (κ1) is 49.5. The molecule has 17 rings (SSSR count). The molecule has 0 bridgehead atoms. The number of aromatic nitrogens is 2. The lowest BCUT2D eigenvalue weighted by atomic mass is 9.86. The van der Waals surface area contributed by atoms with Crippen LogP contribution in [0.5, 0.6) is 0 Å². The molecule has 13 aromatic carbocycles. The van der Waals surface area contributed by atoms with Gasteiger partial charge in [-0.3, -0.25) is 0 Å². The van der Waals surface area contributed by atoms with Crippen molar-refractivity contribution in [3.63, 3.8) is 0 Å². The van der Waals surface area contributed by atoms with Crippen molar-refractivity contribution in [1.82, 2.24) is 9.13 Å². The summed E-state index contributed by atoms with van der Waals surface area (Å²) in [7, 11) is 0. The molecular formula is C80H46N4S2. The van der Waals surface area contributed by atoms with Crippen LogP contribution >= 0.6 is 22.7 Å². The van der Waals surface area contributed by atoms with Gasteiger partial charge in [-0.15, -0.1) is 22.7 Å². The Labute approximate surface area is 503 Å². The van der Waals surface area contributed by atoms with Crippen LogP contribution in [0.15, 0.2) is 279 Å². The van der Waals surface area contributed by atoms with Gasteiger partial charge in [0.25, 0.3) is 0 Å². The molecule has 86 heavy (non-hydrogen) atoms. The first-order valence-corrected chi connectivity index (χ1v) is 30.5. The van der Waals surface area contributed by atoms with E-state index in [1.54, 1.807) is 22.7 Å². The molecule has 0 aliphatic rings. The quantitative estimate of drug-likeness (QED) is 0.152. The molecule has 0 aliphatic carbocycles. The maximum Gasteiger partial charge on any atom is 0.102 e. The molecule has 4 heterocycles. The lowest BCUT2D eigenvalue weighted by Crippen LogP contribution is -2.11. The molecule has 17 aromatic rings. The van der Waals surface area contributed by atoms with Crippen LogP contribution in [0.25, 0.3) is 162 Å². The van der Waals surface area contributed by atoms with Gasteiger partial charge in [-0.1, -0.05) is 243 Å². The Balaban J connectivity index is 1.12. The van der Waals surface area contributed by atoms with Crippen molar-refractivity contribution in [1.29, 1.82) is 10.5 Å². The van der Waals surface area contributed by atoms with Crippen molar-refractivity contribution in [3.05, 3.63) is 290 Å². The van der Waals surface area contributed by atoms with E-state index in [-0.39, 0.29) is 0 Å². The van der Waals surface area contributed by atoms with Crippen LogP contribution < -0.4 is 0 Å². The van der Waals surface area contributed by atoms with E-state index in [2.05, 4.69) is 264 Å². The molecule has 398 valence electrons. The van der Waals surface area contributed by atoms with Crippen LogP contribution in [0.4, 0.5) is 0 Å². The molecule has 0 saturated heterocycles. The van der Waals surface area contributed by atoms with Gasteiger partial charge in [0.1, 0.15) is 12.1 Å². The van der Waals surface area contributed by atoms with Crippen LogP contribution in [0.2, 0.25) is 0 Å². The summed E-state index contributed by atoms with van der Waals surface area (Å²) in [5.41, 5.74) is 18.2. The van der Waals surface area contributed by atoms with Crippen molar-refractivity contribution >= 4 is 107 Å². The zero-order valence-corrected chi connectivity index (χ0v) is 47.8. The second-order valence-corrected chi connectivity index (χ2v) is 24.1. The zero-order valence-electron chi connectivity index (χ0n) is 46.2. The topological polar surface area (TPSA) is 57.4 Å². The number of benzene rings is 13. The Kier molecular flexibility index (Phi) is 11.4. The molecule has 0 amide bonds. The molecule has 0 saturated carbocycles. The van der Waals surface area contributed by atoms with Crippen molar-refractivity contribution in [2.45, 2.75) is 0 Å². The molecule has 0 aliphatic heterocycles. The van der Waals surface area contributed by atoms with Gasteiger partial charge in [-0.05, 0) is 92.0 Å². The minimum Gasteiger partial charge on any atom is -0.307 e. The van der Waals surface area contributed by atoms with E-state index >= 15 is 0 Å². The fourth-order valence-corrected chi connectivity index (χ4v) is 16.3. The van der Waals surface area contributed by atoms with E-state index < -0.39 is 0 Å². The summed E-state index contributed by atoms with van der Waals surface area (Å²) in [4.78, 5) is 0. The van der Waals surface area contributed by atoms with Crippen LogP contribution in [0.3, 0.4) is 0 Å². The molecule has 6 heteroatoms. The smallest absolute Gasteiger partial charge is 0.102 e. The number of hydrogen-bond donors (Lipinski definition) is 0. The molecule has 0 radical (unpaired) electrons. The van der Waals surface area contributed by atoms with E-state index in [1.165, 1.54) is 31.3 Å². The Bertz CT molecular complexity index is 5420. The van der Waals surface area contributed by atoms with Gasteiger partial charge < -0.3 is 9.13 Å². The molecular weight excluding hydrogens is 1080 g/mol. The highest BCUT2D eigenvalue weighted by Crippen LogP contribution is 2.54. The third-order valence-corrected chi connectivity index (χ3v) is 19.8.